The predicted octanol–water partition coefficient (Wildman–Crippen LogP) is 4.64. The molecule has 0 radical (unpaired) electrons. The Labute approximate surface area is 129 Å². The normalized spacial score (nSPS) is 13.7. The second kappa shape index (κ2) is 6.28. The summed E-state index contributed by atoms with van der Waals surface area (Å²) in [5.41, 5.74) is 3.67. The summed E-state index contributed by atoms with van der Waals surface area (Å²) in [6, 6.07) is 2.19. The second-order valence-corrected chi connectivity index (χ2v) is 9.93. The predicted molar refractivity (Wildman–Crippen MR) is 88.4 cm³/mol. The number of hydrogen-bond acceptors (Lipinski definition) is 3. The highest BCUT2D eigenvalue weighted by Crippen LogP contribution is 2.47. The molecule has 1 N–H and O–H groups in total. The molecule has 1 aromatic rings. The minimum atomic E-state index is -2.96. The minimum absolute atomic E-state index is 0.0168. The average molecular weight is 315 g/mol. The fourth-order valence-electron chi connectivity index (χ4n) is 2.28. The molecular formula is C16H30NO3P. The van der Waals surface area contributed by atoms with Crippen LogP contribution in [0.25, 0.3) is 0 Å². The van der Waals surface area contributed by atoms with Gasteiger partial charge in [0, 0.05) is 36.4 Å². The molecular weight excluding hydrogens is 285 g/mol. The minimum Gasteiger partial charge on any atom is -0.361 e. The third-order valence-corrected chi connectivity index (χ3v) is 5.55. The van der Waals surface area contributed by atoms with Gasteiger partial charge < -0.3 is 14.0 Å². The SMILES string of the molecule is COP(=O)(CCc1cc(C(C)(C)C)[nH]c1C(C)(C)C)OC. The summed E-state index contributed by atoms with van der Waals surface area (Å²) >= 11 is 0. The molecule has 1 rings (SSSR count). The van der Waals surface area contributed by atoms with Crippen molar-refractivity contribution in [3.05, 3.63) is 23.0 Å². The van der Waals surface area contributed by atoms with E-state index in [0.29, 0.717) is 12.6 Å². The molecule has 1 aromatic heterocycles. The van der Waals surface area contributed by atoms with Crippen molar-refractivity contribution in [2.24, 2.45) is 0 Å². The van der Waals surface area contributed by atoms with E-state index in [1.54, 1.807) is 0 Å². The molecule has 21 heavy (non-hydrogen) atoms. The zero-order valence-corrected chi connectivity index (χ0v) is 15.6. The van der Waals surface area contributed by atoms with Gasteiger partial charge in [0.15, 0.2) is 0 Å². The first-order chi connectivity index (χ1) is 9.43. The number of aromatic amines is 1. The summed E-state index contributed by atoms with van der Waals surface area (Å²) in [7, 11) is -0.0897. The zero-order valence-electron chi connectivity index (χ0n) is 14.7. The Kier molecular flexibility index (Phi) is 5.52. The molecule has 0 amide bonds. The summed E-state index contributed by atoms with van der Waals surface area (Å²) in [4.78, 5) is 3.56. The van der Waals surface area contributed by atoms with Crippen molar-refractivity contribution >= 4 is 7.60 Å². The first-order valence-electron chi connectivity index (χ1n) is 7.36. The molecule has 0 bridgehead atoms. The van der Waals surface area contributed by atoms with Crippen molar-refractivity contribution in [2.45, 2.75) is 58.8 Å². The summed E-state index contributed by atoms with van der Waals surface area (Å²) in [6.45, 7) is 13.1. The molecule has 4 nitrogen and oxygen atoms in total. The lowest BCUT2D eigenvalue weighted by atomic mass is 9.89. The van der Waals surface area contributed by atoms with Crippen molar-refractivity contribution in [1.29, 1.82) is 0 Å². The highest BCUT2D eigenvalue weighted by Gasteiger charge is 2.27. The van der Waals surface area contributed by atoms with E-state index in [-0.39, 0.29) is 10.8 Å². The molecule has 0 atom stereocenters. The van der Waals surface area contributed by atoms with E-state index >= 15 is 0 Å². The summed E-state index contributed by atoms with van der Waals surface area (Å²) < 4.78 is 22.3. The van der Waals surface area contributed by atoms with Crippen molar-refractivity contribution in [1.82, 2.24) is 4.98 Å². The van der Waals surface area contributed by atoms with Crippen LogP contribution in [-0.2, 0) is 30.9 Å². The molecule has 0 aliphatic heterocycles. The number of H-pyrrole nitrogens is 1. The van der Waals surface area contributed by atoms with Crippen LogP contribution in [-0.4, -0.2) is 25.4 Å². The van der Waals surface area contributed by atoms with Gasteiger partial charge in [-0.1, -0.05) is 41.5 Å². The Bertz CT molecular complexity index is 513. The lowest BCUT2D eigenvalue weighted by Gasteiger charge is -2.21. The summed E-state index contributed by atoms with van der Waals surface area (Å²) in [5, 5.41) is 0. The van der Waals surface area contributed by atoms with E-state index in [0.717, 1.165) is 0 Å². The van der Waals surface area contributed by atoms with E-state index < -0.39 is 7.60 Å². The third-order valence-electron chi connectivity index (χ3n) is 3.67. The largest absolute Gasteiger partial charge is 0.361 e. The highest BCUT2D eigenvalue weighted by molar-refractivity contribution is 7.53. The van der Waals surface area contributed by atoms with Crippen LogP contribution in [0, 0.1) is 0 Å². The summed E-state index contributed by atoms with van der Waals surface area (Å²) in [6.07, 6.45) is 1.07. The Balaban J connectivity index is 3.11. The average Bonchev–Trinajstić information content (AvgIpc) is 2.80. The molecule has 0 aromatic carbocycles. The maximum atomic E-state index is 12.2. The van der Waals surface area contributed by atoms with Crippen LogP contribution in [0.3, 0.4) is 0 Å². The molecule has 0 fully saturated rings. The van der Waals surface area contributed by atoms with Crippen LogP contribution in [0.5, 0.6) is 0 Å². The maximum Gasteiger partial charge on any atom is 0.330 e. The van der Waals surface area contributed by atoms with Crippen LogP contribution >= 0.6 is 7.60 Å². The molecule has 0 saturated heterocycles. The van der Waals surface area contributed by atoms with Gasteiger partial charge in [-0.25, -0.2) is 0 Å². The van der Waals surface area contributed by atoms with Gasteiger partial charge in [0.05, 0.1) is 6.16 Å². The van der Waals surface area contributed by atoms with Crippen molar-refractivity contribution in [3.8, 4) is 0 Å². The molecule has 5 heteroatoms. The van der Waals surface area contributed by atoms with Gasteiger partial charge in [-0.2, -0.15) is 0 Å². The van der Waals surface area contributed by atoms with Gasteiger partial charge in [-0.3, -0.25) is 4.57 Å². The summed E-state index contributed by atoms with van der Waals surface area (Å²) in [5.74, 6) is 0. The smallest absolute Gasteiger partial charge is 0.330 e. The topological polar surface area (TPSA) is 51.3 Å². The van der Waals surface area contributed by atoms with E-state index in [9.17, 15) is 4.57 Å². The van der Waals surface area contributed by atoms with Gasteiger partial charge >= 0.3 is 7.60 Å². The number of hydrogen-bond donors (Lipinski definition) is 1. The van der Waals surface area contributed by atoms with Gasteiger partial charge in [0.25, 0.3) is 0 Å². The first-order valence-corrected chi connectivity index (χ1v) is 9.09. The van der Waals surface area contributed by atoms with Gasteiger partial charge in [0.1, 0.15) is 0 Å². The lowest BCUT2D eigenvalue weighted by Crippen LogP contribution is -2.16. The fraction of sp³-hybridized carbons (Fsp3) is 0.750. The molecule has 0 aliphatic carbocycles. The Morgan fingerprint density at radius 2 is 1.57 bits per heavy atom. The Morgan fingerprint density at radius 3 is 1.95 bits per heavy atom. The molecule has 0 saturated carbocycles. The van der Waals surface area contributed by atoms with E-state index in [2.05, 4.69) is 52.6 Å². The number of aryl methyl sites for hydroxylation is 1. The molecule has 0 spiro atoms. The number of rotatable bonds is 5. The van der Waals surface area contributed by atoms with Gasteiger partial charge in [-0.15, -0.1) is 0 Å². The second-order valence-electron chi connectivity index (χ2n) is 7.53. The van der Waals surface area contributed by atoms with E-state index in [1.807, 2.05) is 0 Å². The Hall–Kier alpha value is -0.570. The quantitative estimate of drug-likeness (QED) is 0.805. The first kappa shape index (κ1) is 18.5. The molecule has 122 valence electrons. The lowest BCUT2D eigenvalue weighted by molar-refractivity contribution is 0.276. The van der Waals surface area contributed by atoms with Crippen molar-refractivity contribution in [2.75, 3.05) is 20.4 Å². The van der Waals surface area contributed by atoms with Crippen LogP contribution in [0.2, 0.25) is 0 Å². The third kappa shape index (κ3) is 4.70. The van der Waals surface area contributed by atoms with Gasteiger partial charge in [-0.05, 0) is 18.1 Å². The number of nitrogens with one attached hydrogen (secondary N) is 1. The van der Waals surface area contributed by atoms with Crippen LogP contribution < -0.4 is 0 Å². The van der Waals surface area contributed by atoms with Crippen molar-refractivity contribution in [3.63, 3.8) is 0 Å². The highest BCUT2D eigenvalue weighted by atomic mass is 31.2. The molecule has 0 aliphatic rings. The fourth-order valence-corrected chi connectivity index (χ4v) is 3.31. The van der Waals surface area contributed by atoms with Crippen LogP contribution in [0.15, 0.2) is 6.07 Å². The monoisotopic (exact) mass is 315 g/mol. The zero-order chi connectivity index (χ0) is 16.5. The maximum absolute atomic E-state index is 12.2. The molecule has 1 heterocycles. The Morgan fingerprint density at radius 1 is 1.05 bits per heavy atom. The van der Waals surface area contributed by atoms with Crippen molar-refractivity contribution < 1.29 is 13.6 Å². The van der Waals surface area contributed by atoms with E-state index in [1.165, 1.54) is 31.2 Å². The molecule has 0 unspecified atom stereocenters. The van der Waals surface area contributed by atoms with E-state index in [4.69, 9.17) is 9.05 Å². The van der Waals surface area contributed by atoms with Crippen LogP contribution in [0.4, 0.5) is 0 Å². The van der Waals surface area contributed by atoms with Gasteiger partial charge in [0.2, 0.25) is 0 Å². The number of aromatic nitrogens is 1. The van der Waals surface area contributed by atoms with Crippen LogP contribution in [0.1, 0.15) is 58.5 Å². The standard InChI is InChI=1S/C16H30NO3P/c1-15(2,3)13-11-12(14(17-13)16(4,5)6)9-10-21(18,19-7)20-8/h11,17H,9-10H2,1-8H3.